The molecule has 1 fully saturated rings. The van der Waals surface area contributed by atoms with Crippen molar-refractivity contribution in [1.29, 1.82) is 0 Å². The topological polar surface area (TPSA) is 64.7 Å². The summed E-state index contributed by atoms with van der Waals surface area (Å²) < 4.78 is 0. The Morgan fingerprint density at radius 1 is 0.818 bits per heavy atom. The SMILES string of the molecule is O=C(CCNC(=O)c1cccs1)NCc1ccccc1CN1CCN(c2ccccc2)CC1. The average molecular weight is 463 g/mol. The number of thiophene rings is 1. The first-order valence-corrected chi connectivity index (χ1v) is 12.2. The van der Waals surface area contributed by atoms with Gasteiger partial charge in [0, 0.05) is 57.9 Å². The Morgan fingerprint density at radius 2 is 1.55 bits per heavy atom. The molecule has 3 aromatic rings. The number of para-hydroxylation sites is 1. The highest BCUT2D eigenvalue weighted by molar-refractivity contribution is 7.12. The van der Waals surface area contributed by atoms with Gasteiger partial charge in [-0.3, -0.25) is 14.5 Å². The molecule has 7 heteroatoms. The van der Waals surface area contributed by atoms with Crippen LogP contribution in [0.2, 0.25) is 0 Å². The maximum absolute atomic E-state index is 12.3. The van der Waals surface area contributed by atoms with Gasteiger partial charge < -0.3 is 15.5 Å². The van der Waals surface area contributed by atoms with Crippen LogP contribution in [0.1, 0.15) is 27.2 Å². The van der Waals surface area contributed by atoms with Crippen LogP contribution in [-0.2, 0) is 17.9 Å². The minimum Gasteiger partial charge on any atom is -0.369 e. The molecule has 0 aliphatic carbocycles. The second-order valence-electron chi connectivity index (χ2n) is 8.13. The van der Waals surface area contributed by atoms with Gasteiger partial charge in [0.1, 0.15) is 0 Å². The zero-order chi connectivity index (χ0) is 22.9. The lowest BCUT2D eigenvalue weighted by atomic mass is 10.1. The fraction of sp³-hybridized carbons (Fsp3) is 0.308. The summed E-state index contributed by atoms with van der Waals surface area (Å²) in [7, 11) is 0. The Hall–Kier alpha value is -3.16. The number of hydrogen-bond donors (Lipinski definition) is 2. The van der Waals surface area contributed by atoms with E-state index in [-0.39, 0.29) is 18.2 Å². The van der Waals surface area contributed by atoms with E-state index in [2.05, 4.69) is 69.0 Å². The first kappa shape index (κ1) is 23.0. The predicted molar refractivity (Wildman–Crippen MR) is 133 cm³/mol. The molecule has 0 radical (unpaired) electrons. The molecular formula is C26H30N4O2S. The van der Waals surface area contributed by atoms with Crippen molar-refractivity contribution in [2.24, 2.45) is 0 Å². The van der Waals surface area contributed by atoms with E-state index in [0.717, 1.165) is 38.3 Å². The monoisotopic (exact) mass is 462 g/mol. The molecule has 172 valence electrons. The van der Waals surface area contributed by atoms with Gasteiger partial charge in [-0.05, 0) is 34.7 Å². The molecule has 1 aliphatic rings. The van der Waals surface area contributed by atoms with Crippen LogP contribution in [0.15, 0.2) is 72.1 Å². The molecule has 0 saturated carbocycles. The van der Waals surface area contributed by atoms with E-state index in [1.54, 1.807) is 6.07 Å². The summed E-state index contributed by atoms with van der Waals surface area (Å²) in [4.78, 5) is 29.8. The van der Waals surface area contributed by atoms with Crippen molar-refractivity contribution in [1.82, 2.24) is 15.5 Å². The van der Waals surface area contributed by atoms with Crippen molar-refractivity contribution >= 4 is 28.8 Å². The Bertz CT molecular complexity index is 1030. The summed E-state index contributed by atoms with van der Waals surface area (Å²) in [6.45, 7) is 5.76. The number of carbonyl (C=O) groups excluding carboxylic acids is 2. The third-order valence-corrected chi connectivity index (χ3v) is 6.73. The normalized spacial score (nSPS) is 14.1. The molecule has 0 spiro atoms. The molecule has 4 rings (SSSR count). The summed E-state index contributed by atoms with van der Waals surface area (Å²) >= 11 is 1.39. The number of anilines is 1. The Kier molecular flexibility index (Phi) is 8.11. The summed E-state index contributed by atoms with van der Waals surface area (Å²) in [5.74, 6) is -0.191. The quantitative estimate of drug-likeness (QED) is 0.511. The van der Waals surface area contributed by atoms with E-state index in [0.29, 0.717) is 18.0 Å². The molecule has 1 saturated heterocycles. The molecule has 2 N–H and O–H groups in total. The number of carbonyl (C=O) groups is 2. The van der Waals surface area contributed by atoms with Crippen LogP contribution in [0.3, 0.4) is 0 Å². The van der Waals surface area contributed by atoms with Crippen LogP contribution < -0.4 is 15.5 Å². The zero-order valence-electron chi connectivity index (χ0n) is 18.7. The maximum Gasteiger partial charge on any atom is 0.261 e. The Labute approximate surface area is 199 Å². The molecule has 0 atom stereocenters. The van der Waals surface area contributed by atoms with Gasteiger partial charge >= 0.3 is 0 Å². The molecule has 2 aromatic carbocycles. The van der Waals surface area contributed by atoms with Gasteiger partial charge in [0.05, 0.1) is 4.88 Å². The summed E-state index contributed by atoms with van der Waals surface area (Å²) in [5, 5.41) is 7.66. The van der Waals surface area contributed by atoms with Crippen molar-refractivity contribution in [3.05, 3.63) is 88.1 Å². The van der Waals surface area contributed by atoms with Crippen LogP contribution in [-0.4, -0.2) is 49.4 Å². The number of amides is 2. The number of nitrogens with zero attached hydrogens (tertiary/aromatic N) is 2. The van der Waals surface area contributed by atoms with Crippen LogP contribution in [0.4, 0.5) is 5.69 Å². The van der Waals surface area contributed by atoms with E-state index in [4.69, 9.17) is 0 Å². The minimum absolute atomic E-state index is 0.0623. The first-order chi connectivity index (χ1) is 16.2. The number of benzene rings is 2. The summed E-state index contributed by atoms with van der Waals surface area (Å²) in [6.07, 6.45) is 0.265. The highest BCUT2D eigenvalue weighted by Gasteiger charge is 2.18. The fourth-order valence-corrected chi connectivity index (χ4v) is 4.63. The molecule has 2 amide bonds. The lowest BCUT2D eigenvalue weighted by Crippen LogP contribution is -2.46. The van der Waals surface area contributed by atoms with E-state index in [1.807, 2.05) is 17.5 Å². The Morgan fingerprint density at radius 3 is 2.27 bits per heavy atom. The molecule has 0 bridgehead atoms. The molecule has 1 aliphatic heterocycles. The Balaban J connectivity index is 1.21. The van der Waals surface area contributed by atoms with E-state index in [1.165, 1.54) is 22.6 Å². The fourth-order valence-electron chi connectivity index (χ4n) is 3.99. The van der Waals surface area contributed by atoms with Gasteiger partial charge in [0.25, 0.3) is 5.91 Å². The van der Waals surface area contributed by atoms with Crippen molar-refractivity contribution in [2.45, 2.75) is 19.5 Å². The number of rotatable bonds is 9. The van der Waals surface area contributed by atoms with Crippen LogP contribution in [0.25, 0.3) is 0 Å². The van der Waals surface area contributed by atoms with Crippen molar-refractivity contribution in [3.8, 4) is 0 Å². The van der Waals surface area contributed by atoms with Gasteiger partial charge in [0.15, 0.2) is 0 Å². The predicted octanol–water partition coefficient (Wildman–Crippen LogP) is 3.51. The largest absolute Gasteiger partial charge is 0.369 e. The molecule has 33 heavy (non-hydrogen) atoms. The van der Waals surface area contributed by atoms with Gasteiger partial charge in [0.2, 0.25) is 5.91 Å². The zero-order valence-corrected chi connectivity index (χ0v) is 19.5. The van der Waals surface area contributed by atoms with Gasteiger partial charge in [-0.15, -0.1) is 11.3 Å². The highest BCUT2D eigenvalue weighted by atomic mass is 32.1. The molecule has 2 heterocycles. The summed E-state index contributed by atoms with van der Waals surface area (Å²) in [6, 6.07) is 22.5. The van der Waals surface area contributed by atoms with Crippen molar-refractivity contribution < 1.29 is 9.59 Å². The maximum atomic E-state index is 12.3. The van der Waals surface area contributed by atoms with Crippen LogP contribution >= 0.6 is 11.3 Å². The average Bonchev–Trinajstić information content (AvgIpc) is 3.40. The first-order valence-electron chi connectivity index (χ1n) is 11.4. The smallest absolute Gasteiger partial charge is 0.261 e. The number of piperazine rings is 1. The third-order valence-electron chi connectivity index (χ3n) is 5.86. The van der Waals surface area contributed by atoms with Gasteiger partial charge in [-0.25, -0.2) is 0 Å². The minimum atomic E-state index is -0.129. The van der Waals surface area contributed by atoms with Gasteiger partial charge in [-0.1, -0.05) is 48.5 Å². The lowest BCUT2D eigenvalue weighted by Gasteiger charge is -2.36. The third kappa shape index (κ3) is 6.66. The van der Waals surface area contributed by atoms with E-state index in [9.17, 15) is 9.59 Å². The second-order valence-corrected chi connectivity index (χ2v) is 9.08. The van der Waals surface area contributed by atoms with Crippen molar-refractivity contribution in [3.63, 3.8) is 0 Å². The molecule has 0 unspecified atom stereocenters. The molecular weight excluding hydrogens is 432 g/mol. The van der Waals surface area contributed by atoms with Crippen LogP contribution in [0.5, 0.6) is 0 Å². The standard InChI is InChI=1S/C26H30N4O2S/c31-25(12-13-27-26(32)24-11-6-18-33-24)28-19-21-7-4-5-8-22(21)20-29-14-16-30(17-15-29)23-9-2-1-3-10-23/h1-11,18H,12-17,19-20H2,(H,27,32)(H,28,31). The van der Waals surface area contributed by atoms with E-state index < -0.39 is 0 Å². The van der Waals surface area contributed by atoms with E-state index >= 15 is 0 Å². The summed E-state index contributed by atoms with van der Waals surface area (Å²) in [5.41, 5.74) is 3.67. The number of nitrogens with one attached hydrogen (secondary N) is 2. The van der Waals surface area contributed by atoms with Crippen LogP contribution in [0, 0.1) is 0 Å². The molecule has 1 aromatic heterocycles. The second kappa shape index (κ2) is 11.6. The molecule has 6 nitrogen and oxygen atoms in total. The van der Waals surface area contributed by atoms with Crippen molar-refractivity contribution in [2.75, 3.05) is 37.6 Å². The number of hydrogen-bond acceptors (Lipinski definition) is 5. The van der Waals surface area contributed by atoms with Gasteiger partial charge in [-0.2, -0.15) is 0 Å². The highest BCUT2D eigenvalue weighted by Crippen LogP contribution is 2.18. The lowest BCUT2D eigenvalue weighted by molar-refractivity contribution is -0.121.